The van der Waals surface area contributed by atoms with Crippen molar-refractivity contribution in [2.24, 2.45) is 0 Å². The molecule has 2 rings (SSSR count). The lowest BCUT2D eigenvalue weighted by Crippen LogP contribution is -2.44. The van der Waals surface area contributed by atoms with Crippen LogP contribution in [0.15, 0.2) is 12.4 Å². The molecule has 1 fully saturated rings. The molecule has 17 heavy (non-hydrogen) atoms. The molecule has 5 nitrogen and oxygen atoms in total. The molecular formula is C12H19N3O2. The number of hydrogen-bond donors (Lipinski definition) is 2. The number of nitrogens with zero attached hydrogens (tertiary/aromatic N) is 3. The fourth-order valence-electron chi connectivity index (χ4n) is 2.30. The molecule has 5 heteroatoms. The van der Waals surface area contributed by atoms with Crippen LogP contribution in [0.25, 0.3) is 0 Å². The van der Waals surface area contributed by atoms with E-state index in [9.17, 15) is 5.11 Å². The maximum atomic E-state index is 9.96. The third-order valence-electron chi connectivity index (χ3n) is 3.38. The Morgan fingerprint density at radius 2 is 1.94 bits per heavy atom. The number of hydrogen-bond acceptors (Lipinski definition) is 5. The first-order chi connectivity index (χ1) is 8.22. The molecule has 0 spiro atoms. The molecular weight excluding hydrogens is 218 g/mol. The molecule has 0 aromatic carbocycles. The van der Waals surface area contributed by atoms with Crippen molar-refractivity contribution in [1.29, 1.82) is 0 Å². The molecule has 94 valence electrons. The van der Waals surface area contributed by atoms with Gasteiger partial charge in [-0.3, -0.25) is 0 Å². The fraction of sp³-hybridized carbons (Fsp3) is 0.667. The minimum Gasteiger partial charge on any atom is -0.392 e. The van der Waals surface area contributed by atoms with Gasteiger partial charge in [0.2, 0.25) is 5.95 Å². The number of aromatic nitrogens is 2. The van der Waals surface area contributed by atoms with Crippen LogP contribution in [-0.2, 0) is 6.61 Å². The summed E-state index contributed by atoms with van der Waals surface area (Å²) in [6.45, 7) is -0.0456. The highest BCUT2D eigenvalue weighted by Crippen LogP contribution is 2.24. The second kappa shape index (κ2) is 5.42. The minimum atomic E-state index is -0.296. The van der Waals surface area contributed by atoms with Crippen LogP contribution < -0.4 is 4.90 Å². The van der Waals surface area contributed by atoms with Gasteiger partial charge in [0.25, 0.3) is 0 Å². The maximum Gasteiger partial charge on any atom is 0.225 e. The summed E-state index contributed by atoms with van der Waals surface area (Å²) in [6.07, 6.45) is 7.00. The summed E-state index contributed by atoms with van der Waals surface area (Å²) in [5.41, 5.74) is 0.700. The topological polar surface area (TPSA) is 69.5 Å². The van der Waals surface area contributed by atoms with E-state index in [1.54, 1.807) is 12.4 Å². The van der Waals surface area contributed by atoms with Crippen molar-refractivity contribution >= 4 is 5.95 Å². The Hall–Kier alpha value is -1.20. The van der Waals surface area contributed by atoms with Crippen LogP contribution in [0.3, 0.4) is 0 Å². The van der Waals surface area contributed by atoms with Crippen LogP contribution in [-0.4, -0.2) is 39.4 Å². The lowest BCUT2D eigenvalue weighted by Gasteiger charge is -2.35. The maximum absolute atomic E-state index is 9.96. The van der Waals surface area contributed by atoms with Crippen molar-refractivity contribution in [3.63, 3.8) is 0 Å². The van der Waals surface area contributed by atoms with Crippen molar-refractivity contribution in [3.05, 3.63) is 18.0 Å². The summed E-state index contributed by atoms with van der Waals surface area (Å²) < 4.78 is 0. The van der Waals surface area contributed by atoms with Gasteiger partial charge in [-0.1, -0.05) is 12.8 Å². The van der Waals surface area contributed by atoms with Gasteiger partial charge in [-0.05, 0) is 12.8 Å². The lowest BCUT2D eigenvalue weighted by atomic mass is 9.92. The zero-order valence-corrected chi connectivity index (χ0v) is 10.1. The first-order valence-electron chi connectivity index (χ1n) is 6.05. The average molecular weight is 237 g/mol. The second-order valence-electron chi connectivity index (χ2n) is 4.58. The lowest BCUT2D eigenvalue weighted by molar-refractivity contribution is 0.105. The van der Waals surface area contributed by atoms with E-state index in [4.69, 9.17) is 5.11 Å². The minimum absolute atomic E-state index is 0.0456. The van der Waals surface area contributed by atoms with Crippen LogP contribution in [0.5, 0.6) is 0 Å². The highest BCUT2D eigenvalue weighted by atomic mass is 16.3. The molecule has 1 aromatic heterocycles. The SMILES string of the molecule is CN(c1ncc(CO)cn1)C1CCCCC1O. The third kappa shape index (κ3) is 2.73. The van der Waals surface area contributed by atoms with Crippen LogP contribution in [0, 0.1) is 0 Å². The van der Waals surface area contributed by atoms with Crippen molar-refractivity contribution < 1.29 is 10.2 Å². The van der Waals surface area contributed by atoms with Crippen LogP contribution >= 0.6 is 0 Å². The Morgan fingerprint density at radius 3 is 2.53 bits per heavy atom. The van der Waals surface area contributed by atoms with Crippen LogP contribution in [0.4, 0.5) is 5.95 Å². The first-order valence-corrected chi connectivity index (χ1v) is 6.05. The second-order valence-corrected chi connectivity index (χ2v) is 4.58. The molecule has 0 aliphatic heterocycles. The molecule has 1 aliphatic rings. The zero-order chi connectivity index (χ0) is 12.3. The fourth-order valence-corrected chi connectivity index (χ4v) is 2.30. The van der Waals surface area contributed by atoms with Crippen molar-refractivity contribution in [1.82, 2.24) is 9.97 Å². The number of anilines is 1. The number of aliphatic hydroxyl groups is 2. The highest BCUT2D eigenvalue weighted by Gasteiger charge is 2.27. The summed E-state index contributed by atoms with van der Waals surface area (Å²) in [6, 6.07) is 0.101. The molecule has 0 bridgehead atoms. The van der Waals surface area contributed by atoms with E-state index in [1.165, 1.54) is 0 Å². The van der Waals surface area contributed by atoms with Gasteiger partial charge >= 0.3 is 0 Å². The summed E-state index contributed by atoms with van der Waals surface area (Å²) >= 11 is 0. The molecule has 0 saturated heterocycles. The zero-order valence-electron chi connectivity index (χ0n) is 10.1. The average Bonchev–Trinajstić information content (AvgIpc) is 2.39. The Morgan fingerprint density at radius 1 is 1.29 bits per heavy atom. The van der Waals surface area contributed by atoms with E-state index in [0.717, 1.165) is 25.7 Å². The molecule has 1 aliphatic carbocycles. The van der Waals surface area contributed by atoms with E-state index >= 15 is 0 Å². The normalized spacial score (nSPS) is 24.6. The summed E-state index contributed by atoms with van der Waals surface area (Å²) in [4.78, 5) is 10.3. The Balaban J connectivity index is 2.09. The van der Waals surface area contributed by atoms with Crippen molar-refractivity contribution in [2.75, 3.05) is 11.9 Å². The smallest absolute Gasteiger partial charge is 0.225 e. The van der Waals surface area contributed by atoms with E-state index in [0.29, 0.717) is 11.5 Å². The van der Waals surface area contributed by atoms with E-state index in [-0.39, 0.29) is 18.8 Å². The largest absolute Gasteiger partial charge is 0.392 e. The van der Waals surface area contributed by atoms with Gasteiger partial charge in [0.05, 0.1) is 18.8 Å². The molecule has 2 unspecified atom stereocenters. The predicted octanol–water partition coefficient (Wildman–Crippen LogP) is 0.709. The number of rotatable bonds is 3. The monoisotopic (exact) mass is 237 g/mol. The standard InChI is InChI=1S/C12H19N3O2/c1-15(10-4-2-3-5-11(10)17)12-13-6-9(8-16)7-14-12/h6-7,10-11,16-17H,2-5,8H2,1H3. The van der Waals surface area contributed by atoms with Gasteiger partial charge in [-0.2, -0.15) is 0 Å². The van der Waals surface area contributed by atoms with Gasteiger partial charge < -0.3 is 15.1 Å². The Kier molecular flexibility index (Phi) is 3.91. The van der Waals surface area contributed by atoms with Crippen molar-refractivity contribution in [3.8, 4) is 0 Å². The molecule has 0 radical (unpaired) electrons. The quantitative estimate of drug-likeness (QED) is 0.810. The first kappa shape index (κ1) is 12.3. The van der Waals surface area contributed by atoms with Crippen LogP contribution in [0.2, 0.25) is 0 Å². The van der Waals surface area contributed by atoms with E-state index < -0.39 is 0 Å². The highest BCUT2D eigenvalue weighted by molar-refractivity contribution is 5.31. The Bertz CT molecular complexity index is 355. The summed E-state index contributed by atoms with van der Waals surface area (Å²) in [5, 5.41) is 18.9. The number of aliphatic hydroxyl groups excluding tert-OH is 2. The van der Waals surface area contributed by atoms with Crippen LogP contribution in [0.1, 0.15) is 31.2 Å². The van der Waals surface area contributed by atoms with E-state index in [2.05, 4.69) is 9.97 Å². The molecule has 0 amide bonds. The number of likely N-dealkylation sites (N-methyl/N-ethyl adjacent to an activating group) is 1. The molecule has 1 aromatic rings. The molecule has 2 atom stereocenters. The van der Waals surface area contributed by atoms with Crippen molar-refractivity contribution in [2.45, 2.75) is 44.4 Å². The van der Waals surface area contributed by atoms with Gasteiger partial charge in [-0.25, -0.2) is 9.97 Å². The molecule has 2 N–H and O–H groups in total. The van der Waals surface area contributed by atoms with Gasteiger partial charge in [0.15, 0.2) is 0 Å². The molecule has 1 heterocycles. The predicted molar refractivity (Wildman–Crippen MR) is 64.6 cm³/mol. The van der Waals surface area contributed by atoms with Gasteiger partial charge in [-0.15, -0.1) is 0 Å². The summed E-state index contributed by atoms with van der Waals surface area (Å²) in [5.74, 6) is 0.605. The van der Waals surface area contributed by atoms with Gasteiger partial charge in [0, 0.05) is 25.0 Å². The molecule has 1 saturated carbocycles. The Labute approximate surface area is 101 Å². The van der Waals surface area contributed by atoms with Gasteiger partial charge in [0.1, 0.15) is 0 Å². The van der Waals surface area contributed by atoms with E-state index in [1.807, 2.05) is 11.9 Å². The third-order valence-corrected chi connectivity index (χ3v) is 3.38. The summed E-state index contributed by atoms with van der Waals surface area (Å²) in [7, 11) is 1.91.